The molecular formula is C13H24N2OS. The van der Waals surface area contributed by atoms with E-state index in [4.69, 9.17) is 4.74 Å². The van der Waals surface area contributed by atoms with Gasteiger partial charge in [-0.15, -0.1) is 11.3 Å². The van der Waals surface area contributed by atoms with E-state index in [-0.39, 0.29) is 0 Å². The van der Waals surface area contributed by atoms with E-state index in [0.29, 0.717) is 12.5 Å². The normalized spacial score (nSPS) is 11.4. The average molecular weight is 256 g/mol. The highest BCUT2D eigenvalue weighted by atomic mass is 32.1. The smallest absolute Gasteiger partial charge is 0.119 e. The van der Waals surface area contributed by atoms with Crippen molar-refractivity contribution in [2.45, 2.75) is 47.3 Å². The Kier molecular flexibility index (Phi) is 6.70. The predicted molar refractivity (Wildman–Crippen MR) is 73.4 cm³/mol. The number of ether oxygens (including phenoxy) is 1. The molecule has 0 amide bonds. The van der Waals surface area contributed by atoms with Crippen molar-refractivity contribution in [1.82, 2.24) is 10.3 Å². The molecule has 1 heterocycles. The molecule has 0 aliphatic rings. The van der Waals surface area contributed by atoms with Crippen LogP contribution in [0.15, 0.2) is 0 Å². The fraction of sp³-hybridized carbons (Fsp3) is 0.769. The molecule has 0 bridgehead atoms. The summed E-state index contributed by atoms with van der Waals surface area (Å²) >= 11 is 1.78. The van der Waals surface area contributed by atoms with E-state index in [1.807, 2.05) is 6.92 Å². The Balaban J connectivity index is 2.53. The molecule has 3 nitrogen and oxygen atoms in total. The summed E-state index contributed by atoms with van der Waals surface area (Å²) in [5, 5.41) is 4.58. The second kappa shape index (κ2) is 7.80. The number of hydrogen-bond acceptors (Lipinski definition) is 4. The second-order valence-electron chi connectivity index (χ2n) is 4.49. The van der Waals surface area contributed by atoms with E-state index in [1.165, 1.54) is 10.6 Å². The molecule has 4 heteroatoms. The average Bonchev–Trinajstić information content (AvgIpc) is 2.68. The van der Waals surface area contributed by atoms with Gasteiger partial charge in [-0.25, -0.2) is 4.98 Å². The molecule has 17 heavy (non-hydrogen) atoms. The predicted octanol–water partition coefficient (Wildman–Crippen LogP) is 2.99. The maximum Gasteiger partial charge on any atom is 0.119 e. The number of rotatable bonds is 8. The summed E-state index contributed by atoms with van der Waals surface area (Å²) < 4.78 is 5.40. The van der Waals surface area contributed by atoms with Crippen LogP contribution in [0, 0.1) is 5.92 Å². The first-order chi connectivity index (χ1) is 8.17. The van der Waals surface area contributed by atoms with Gasteiger partial charge in [-0.1, -0.05) is 20.8 Å². The number of aromatic nitrogens is 1. The summed E-state index contributed by atoms with van der Waals surface area (Å²) in [5.41, 5.74) is 1.22. The topological polar surface area (TPSA) is 34.1 Å². The first-order valence-electron chi connectivity index (χ1n) is 6.43. The van der Waals surface area contributed by atoms with Gasteiger partial charge in [0.05, 0.1) is 12.3 Å². The Morgan fingerprint density at radius 2 is 2.12 bits per heavy atom. The molecule has 1 aromatic rings. The summed E-state index contributed by atoms with van der Waals surface area (Å²) in [7, 11) is 0. The lowest BCUT2D eigenvalue weighted by Crippen LogP contribution is -2.18. The first-order valence-corrected chi connectivity index (χ1v) is 7.24. The van der Waals surface area contributed by atoms with Crippen LogP contribution >= 0.6 is 11.3 Å². The molecule has 0 saturated heterocycles. The van der Waals surface area contributed by atoms with Crippen molar-refractivity contribution in [3.05, 3.63) is 15.6 Å². The van der Waals surface area contributed by atoms with Crippen LogP contribution in [0.5, 0.6) is 0 Å². The van der Waals surface area contributed by atoms with Crippen LogP contribution in [-0.2, 0) is 24.3 Å². The Morgan fingerprint density at radius 3 is 2.71 bits per heavy atom. The number of aryl methyl sites for hydroxylation is 1. The van der Waals surface area contributed by atoms with Crippen molar-refractivity contribution in [1.29, 1.82) is 0 Å². The van der Waals surface area contributed by atoms with Gasteiger partial charge in [-0.2, -0.15) is 0 Å². The van der Waals surface area contributed by atoms with Gasteiger partial charge in [-0.05, 0) is 25.8 Å². The standard InChI is InChI=1S/C13H24N2OS/c1-5-11-12(8-14-7-10(3)4)17-13(15-11)9-16-6-2/h10,14H,5-9H2,1-4H3. The van der Waals surface area contributed by atoms with Crippen LogP contribution in [0.4, 0.5) is 0 Å². The number of nitrogens with one attached hydrogen (secondary N) is 1. The third-order valence-corrected chi connectivity index (χ3v) is 3.50. The highest BCUT2D eigenvalue weighted by molar-refractivity contribution is 7.11. The van der Waals surface area contributed by atoms with Gasteiger partial charge in [0.2, 0.25) is 0 Å². The number of hydrogen-bond donors (Lipinski definition) is 1. The third-order valence-electron chi connectivity index (χ3n) is 2.43. The highest BCUT2D eigenvalue weighted by Gasteiger charge is 2.09. The van der Waals surface area contributed by atoms with Crippen LogP contribution in [-0.4, -0.2) is 18.1 Å². The van der Waals surface area contributed by atoms with Crippen molar-refractivity contribution in [3.63, 3.8) is 0 Å². The summed E-state index contributed by atoms with van der Waals surface area (Å²) in [5.74, 6) is 0.691. The summed E-state index contributed by atoms with van der Waals surface area (Å²) in [4.78, 5) is 5.98. The van der Waals surface area contributed by atoms with Crippen molar-refractivity contribution >= 4 is 11.3 Å². The minimum atomic E-state index is 0.651. The summed E-state index contributed by atoms with van der Waals surface area (Å²) in [6.07, 6.45) is 1.00. The van der Waals surface area contributed by atoms with E-state index >= 15 is 0 Å². The van der Waals surface area contributed by atoms with Crippen LogP contribution in [0.1, 0.15) is 43.3 Å². The van der Waals surface area contributed by atoms with Crippen molar-refractivity contribution in [2.24, 2.45) is 5.92 Å². The fourth-order valence-corrected chi connectivity index (χ4v) is 2.64. The van der Waals surface area contributed by atoms with Crippen LogP contribution in [0.2, 0.25) is 0 Å². The molecule has 1 rings (SSSR count). The largest absolute Gasteiger partial charge is 0.375 e. The molecule has 0 atom stereocenters. The van der Waals surface area contributed by atoms with Crippen LogP contribution in [0.3, 0.4) is 0 Å². The molecule has 1 aromatic heterocycles. The molecular weight excluding hydrogens is 232 g/mol. The van der Waals surface area contributed by atoms with E-state index in [9.17, 15) is 0 Å². The molecule has 0 aliphatic heterocycles. The van der Waals surface area contributed by atoms with Gasteiger partial charge in [-0.3, -0.25) is 0 Å². The van der Waals surface area contributed by atoms with Gasteiger partial charge < -0.3 is 10.1 Å². The van der Waals surface area contributed by atoms with Crippen LogP contribution < -0.4 is 5.32 Å². The zero-order valence-corrected chi connectivity index (χ0v) is 12.2. The SMILES string of the molecule is CCOCc1nc(CC)c(CNCC(C)C)s1. The Labute approximate surface area is 109 Å². The number of nitrogens with zero attached hydrogens (tertiary/aromatic N) is 1. The zero-order valence-electron chi connectivity index (χ0n) is 11.4. The fourth-order valence-electron chi connectivity index (χ4n) is 1.58. The van der Waals surface area contributed by atoms with Crippen molar-refractivity contribution in [3.8, 4) is 0 Å². The highest BCUT2D eigenvalue weighted by Crippen LogP contribution is 2.20. The van der Waals surface area contributed by atoms with Crippen LogP contribution in [0.25, 0.3) is 0 Å². The monoisotopic (exact) mass is 256 g/mol. The van der Waals surface area contributed by atoms with Gasteiger partial charge in [0.15, 0.2) is 0 Å². The Hall–Kier alpha value is -0.450. The van der Waals surface area contributed by atoms with Gasteiger partial charge >= 0.3 is 0 Å². The van der Waals surface area contributed by atoms with E-state index in [2.05, 4.69) is 31.1 Å². The van der Waals surface area contributed by atoms with Gasteiger partial charge in [0.1, 0.15) is 5.01 Å². The molecule has 0 radical (unpaired) electrons. The van der Waals surface area contributed by atoms with Gasteiger partial charge in [0, 0.05) is 18.0 Å². The lowest BCUT2D eigenvalue weighted by molar-refractivity contribution is 0.134. The zero-order chi connectivity index (χ0) is 12.7. The maximum atomic E-state index is 5.40. The molecule has 1 N–H and O–H groups in total. The van der Waals surface area contributed by atoms with Crippen molar-refractivity contribution < 1.29 is 4.74 Å². The molecule has 0 saturated carbocycles. The van der Waals surface area contributed by atoms with E-state index in [0.717, 1.165) is 31.1 Å². The molecule has 0 aliphatic carbocycles. The molecule has 98 valence electrons. The van der Waals surface area contributed by atoms with Gasteiger partial charge in [0.25, 0.3) is 0 Å². The summed E-state index contributed by atoms with van der Waals surface area (Å²) in [6, 6.07) is 0. The lowest BCUT2D eigenvalue weighted by Gasteiger charge is -2.06. The summed E-state index contributed by atoms with van der Waals surface area (Å²) in [6.45, 7) is 12.0. The first kappa shape index (κ1) is 14.6. The Bertz CT molecular complexity index is 323. The minimum Gasteiger partial charge on any atom is -0.375 e. The molecule has 0 fully saturated rings. The quantitative estimate of drug-likeness (QED) is 0.776. The third kappa shape index (κ3) is 5.15. The molecule has 0 aromatic carbocycles. The van der Waals surface area contributed by atoms with Crippen molar-refractivity contribution in [2.75, 3.05) is 13.2 Å². The minimum absolute atomic E-state index is 0.651. The van der Waals surface area contributed by atoms with E-state index in [1.54, 1.807) is 11.3 Å². The van der Waals surface area contributed by atoms with E-state index < -0.39 is 0 Å². The maximum absolute atomic E-state index is 5.40. The molecule has 0 unspecified atom stereocenters. The second-order valence-corrected chi connectivity index (χ2v) is 5.66. The number of thiazole rings is 1. The molecule has 0 spiro atoms. The lowest BCUT2D eigenvalue weighted by atomic mass is 10.2. The Morgan fingerprint density at radius 1 is 1.35 bits per heavy atom.